The van der Waals surface area contributed by atoms with E-state index in [0.717, 1.165) is 51.4 Å². The van der Waals surface area contributed by atoms with Crippen LogP contribution in [-0.4, -0.2) is 38.3 Å². The monoisotopic (exact) mass is 254 g/mol. The normalized spacial score (nSPS) is 32.4. The number of hydrogen-bond acceptors (Lipinski definition) is 3. The fraction of sp³-hybridized carbons (Fsp3) is 0.929. The van der Waals surface area contributed by atoms with Crippen LogP contribution in [0.25, 0.3) is 0 Å². The summed E-state index contributed by atoms with van der Waals surface area (Å²) in [7, 11) is 0. The molecule has 2 N–H and O–H groups in total. The standard InChI is InChI=1S/C14H26N2O2/c1-2-13-12(6-9-18-13)14(17)16-8-5-11-4-3-7-15-10-11/h11-13,15H,2-10H2,1H3,(H,16,17). The van der Waals surface area contributed by atoms with E-state index in [0.29, 0.717) is 0 Å². The van der Waals surface area contributed by atoms with Crippen molar-refractivity contribution in [1.82, 2.24) is 10.6 Å². The van der Waals surface area contributed by atoms with Crippen molar-refractivity contribution in [2.45, 2.75) is 45.1 Å². The lowest BCUT2D eigenvalue weighted by Gasteiger charge is -2.23. The fourth-order valence-electron chi connectivity index (χ4n) is 3.05. The van der Waals surface area contributed by atoms with Gasteiger partial charge >= 0.3 is 0 Å². The van der Waals surface area contributed by atoms with E-state index in [-0.39, 0.29) is 17.9 Å². The maximum Gasteiger partial charge on any atom is 0.225 e. The lowest BCUT2D eigenvalue weighted by molar-refractivity contribution is -0.126. The van der Waals surface area contributed by atoms with Gasteiger partial charge < -0.3 is 15.4 Å². The molecule has 0 aromatic heterocycles. The van der Waals surface area contributed by atoms with Gasteiger partial charge in [-0.2, -0.15) is 0 Å². The number of piperidine rings is 1. The second-order valence-corrected chi connectivity index (χ2v) is 5.50. The van der Waals surface area contributed by atoms with Crippen LogP contribution >= 0.6 is 0 Å². The zero-order valence-corrected chi connectivity index (χ0v) is 11.4. The summed E-state index contributed by atoms with van der Waals surface area (Å²) in [6.45, 7) is 5.91. The summed E-state index contributed by atoms with van der Waals surface area (Å²) >= 11 is 0. The van der Waals surface area contributed by atoms with Gasteiger partial charge in [-0.25, -0.2) is 0 Å². The number of ether oxygens (including phenoxy) is 1. The summed E-state index contributed by atoms with van der Waals surface area (Å²) in [4.78, 5) is 12.0. The van der Waals surface area contributed by atoms with Crippen LogP contribution in [0.15, 0.2) is 0 Å². The number of carbonyl (C=O) groups excluding carboxylic acids is 1. The highest BCUT2D eigenvalue weighted by Gasteiger charge is 2.32. The van der Waals surface area contributed by atoms with Crippen LogP contribution in [-0.2, 0) is 9.53 Å². The molecule has 0 saturated carbocycles. The summed E-state index contributed by atoms with van der Waals surface area (Å²) in [6.07, 6.45) is 5.63. The van der Waals surface area contributed by atoms with Gasteiger partial charge in [0, 0.05) is 13.2 Å². The number of carbonyl (C=O) groups is 1. The Kier molecular flexibility index (Phi) is 5.45. The minimum absolute atomic E-state index is 0.0829. The quantitative estimate of drug-likeness (QED) is 0.777. The topological polar surface area (TPSA) is 50.4 Å². The van der Waals surface area contributed by atoms with Crippen molar-refractivity contribution in [3.8, 4) is 0 Å². The van der Waals surface area contributed by atoms with E-state index in [1.165, 1.54) is 12.8 Å². The van der Waals surface area contributed by atoms with Crippen LogP contribution in [0.3, 0.4) is 0 Å². The summed E-state index contributed by atoms with van der Waals surface area (Å²) in [6, 6.07) is 0. The fourth-order valence-corrected chi connectivity index (χ4v) is 3.05. The van der Waals surface area contributed by atoms with Crippen molar-refractivity contribution >= 4 is 5.91 Å². The molecular weight excluding hydrogens is 228 g/mol. The van der Waals surface area contributed by atoms with Crippen molar-refractivity contribution in [2.24, 2.45) is 11.8 Å². The molecule has 4 heteroatoms. The Balaban J connectivity index is 1.64. The lowest BCUT2D eigenvalue weighted by atomic mass is 9.95. The first-order chi connectivity index (χ1) is 8.81. The molecule has 2 rings (SSSR count). The van der Waals surface area contributed by atoms with Crippen LogP contribution in [0, 0.1) is 11.8 Å². The Bertz CT molecular complexity index is 265. The molecule has 104 valence electrons. The Labute approximate surface area is 110 Å². The highest BCUT2D eigenvalue weighted by atomic mass is 16.5. The highest BCUT2D eigenvalue weighted by molar-refractivity contribution is 5.79. The molecule has 0 radical (unpaired) electrons. The molecule has 0 bridgehead atoms. The van der Waals surface area contributed by atoms with E-state index < -0.39 is 0 Å². The maximum absolute atomic E-state index is 12.0. The molecule has 3 unspecified atom stereocenters. The smallest absolute Gasteiger partial charge is 0.225 e. The minimum Gasteiger partial charge on any atom is -0.377 e. The molecule has 0 aromatic carbocycles. The first-order valence-corrected chi connectivity index (χ1v) is 7.41. The Hall–Kier alpha value is -0.610. The molecular formula is C14H26N2O2. The molecule has 2 fully saturated rings. The van der Waals surface area contributed by atoms with Crippen molar-refractivity contribution in [1.29, 1.82) is 0 Å². The summed E-state index contributed by atoms with van der Waals surface area (Å²) in [5.41, 5.74) is 0. The van der Waals surface area contributed by atoms with E-state index in [9.17, 15) is 4.79 Å². The highest BCUT2D eigenvalue weighted by Crippen LogP contribution is 2.23. The van der Waals surface area contributed by atoms with Crippen molar-refractivity contribution in [2.75, 3.05) is 26.2 Å². The van der Waals surface area contributed by atoms with Crippen LogP contribution in [0.2, 0.25) is 0 Å². The number of rotatable bonds is 5. The predicted octanol–water partition coefficient (Wildman–Crippen LogP) is 1.31. The zero-order chi connectivity index (χ0) is 12.8. The van der Waals surface area contributed by atoms with Gasteiger partial charge in [-0.15, -0.1) is 0 Å². The summed E-state index contributed by atoms with van der Waals surface area (Å²) < 4.78 is 5.56. The molecule has 0 aliphatic carbocycles. The third-order valence-electron chi connectivity index (χ3n) is 4.20. The first kappa shape index (κ1) is 13.8. The molecule has 2 aliphatic heterocycles. The minimum atomic E-state index is 0.0829. The molecule has 18 heavy (non-hydrogen) atoms. The van der Waals surface area contributed by atoms with E-state index >= 15 is 0 Å². The number of nitrogens with one attached hydrogen (secondary N) is 2. The van der Waals surface area contributed by atoms with E-state index in [2.05, 4.69) is 17.6 Å². The summed E-state index contributed by atoms with van der Waals surface area (Å²) in [5.74, 6) is 1.02. The first-order valence-electron chi connectivity index (χ1n) is 7.41. The molecule has 1 amide bonds. The van der Waals surface area contributed by atoms with Crippen LogP contribution in [0.4, 0.5) is 0 Å². The van der Waals surface area contributed by atoms with Gasteiger partial charge in [-0.05, 0) is 51.1 Å². The average Bonchev–Trinajstić information content (AvgIpc) is 2.88. The van der Waals surface area contributed by atoms with Gasteiger partial charge in [0.25, 0.3) is 0 Å². The van der Waals surface area contributed by atoms with Crippen molar-refractivity contribution in [3.63, 3.8) is 0 Å². The van der Waals surface area contributed by atoms with Gasteiger partial charge in [0.15, 0.2) is 0 Å². The van der Waals surface area contributed by atoms with Gasteiger partial charge in [-0.3, -0.25) is 4.79 Å². The summed E-state index contributed by atoms with van der Waals surface area (Å²) in [5, 5.41) is 6.50. The molecule has 4 nitrogen and oxygen atoms in total. The largest absolute Gasteiger partial charge is 0.377 e. The van der Waals surface area contributed by atoms with E-state index in [1.54, 1.807) is 0 Å². The van der Waals surface area contributed by atoms with Crippen LogP contribution < -0.4 is 10.6 Å². The molecule has 2 aliphatic rings. The Morgan fingerprint density at radius 3 is 3.06 bits per heavy atom. The number of hydrogen-bond donors (Lipinski definition) is 2. The van der Waals surface area contributed by atoms with Gasteiger partial charge in [0.05, 0.1) is 12.0 Å². The predicted molar refractivity (Wildman–Crippen MR) is 71.4 cm³/mol. The van der Waals surface area contributed by atoms with E-state index in [1.807, 2.05) is 0 Å². The molecule has 0 aromatic rings. The van der Waals surface area contributed by atoms with Gasteiger partial charge in [0.1, 0.15) is 0 Å². The second-order valence-electron chi connectivity index (χ2n) is 5.50. The van der Waals surface area contributed by atoms with Crippen molar-refractivity contribution in [3.05, 3.63) is 0 Å². The van der Waals surface area contributed by atoms with Crippen LogP contribution in [0.5, 0.6) is 0 Å². The molecule has 2 heterocycles. The Morgan fingerprint density at radius 2 is 2.33 bits per heavy atom. The molecule has 2 saturated heterocycles. The third kappa shape index (κ3) is 3.69. The van der Waals surface area contributed by atoms with Crippen LogP contribution in [0.1, 0.15) is 39.0 Å². The molecule has 0 spiro atoms. The zero-order valence-electron chi connectivity index (χ0n) is 11.4. The van der Waals surface area contributed by atoms with Crippen molar-refractivity contribution < 1.29 is 9.53 Å². The average molecular weight is 254 g/mol. The second kappa shape index (κ2) is 7.10. The lowest BCUT2D eigenvalue weighted by Crippen LogP contribution is -2.37. The van der Waals surface area contributed by atoms with Gasteiger partial charge in [0.2, 0.25) is 5.91 Å². The molecule has 3 atom stereocenters. The SMILES string of the molecule is CCC1OCCC1C(=O)NCCC1CCCNC1. The van der Waals surface area contributed by atoms with E-state index in [4.69, 9.17) is 4.74 Å². The number of amides is 1. The van der Waals surface area contributed by atoms with Gasteiger partial charge in [-0.1, -0.05) is 6.92 Å². The Morgan fingerprint density at radius 1 is 1.44 bits per heavy atom. The third-order valence-corrected chi connectivity index (χ3v) is 4.20. The maximum atomic E-state index is 12.0.